The molecule has 3 N–H and O–H groups in total. The number of aryl methyl sites for hydroxylation is 2. The molecule has 0 saturated carbocycles. The average Bonchev–Trinajstić information content (AvgIpc) is 2.47. The van der Waals surface area contributed by atoms with Crippen molar-refractivity contribution >= 4 is 39.3 Å². The van der Waals surface area contributed by atoms with Gasteiger partial charge in [0.15, 0.2) is 0 Å². The molecule has 7 nitrogen and oxygen atoms in total. The van der Waals surface area contributed by atoms with Crippen molar-refractivity contribution in [2.24, 2.45) is 0 Å². The zero-order chi connectivity index (χ0) is 16.3. The Hall–Kier alpha value is -1.87. The Kier molecular flexibility index (Phi) is 5.19. The molecule has 2 rings (SSSR count). The number of hydrogen-bond acceptors (Lipinski definition) is 6. The molecule has 0 spiro atoms. The van der Waals surface area contributed by atoms with E-state index >= 15 is 0 Å². The van der Waals surface area contributed by atoms with Crippen LogP contribution in [0.4, 0.5) is 5.69 Å². The summed E-state index contributed by atoms with van der Waals surface area (Å²) in [6.07, 6.45) is 0. The van der Waals surface area contributed by atoms with Gasteiger partial charge in [-0.05, 0) is 37.6 Å². The van der Waals surface area contributed by atoms with E-state index < -0.39 is 5.56 Å². The molecule has 0 bridgehead atoms. The number of rotatable bonds is 4. The molecule has 1 aromatic heterocycles. The number of nitrogens with one attached hydrogen (secondary N) is 1. The zero-order valence-corrected chi connectivity index (χ0v) is 14.4. The molecule has 0 radical (unpaired) electrons. The van der Waals surface area contributed by atoms with Crippen molar-refractivity contribution in [3.8, 4) is 0 Å². The third-order valence-electron chi connectivity index (χ3n) is 2.81. The topological polar surface area (TPSA) is 103 Å². The van der Waals surface area contributed by atoms with Crippen LogP contribution in [0.5, 0.6) is 0 Å². The van der Waals surface area contributed by atoms with Gasteiger partial charge in [0.25, 0.3) is 5.56 Å². The maximum absolute atomic E-state index is 12.0. The molecule has 1 aromatic carbocycles. The maximum atomic E-state index is 12.0. The Labute approximate surface area is 139 Å². The van der Waals surface area contributed by atoms with E-state index in [1.54, 1.807) is 0 Å². The van der Waals surface area contributed by atoms with Crippen LogP contribution in [0.1, 0.15) is 11.3 Å². The molecule has 0 unspecified atom stereocenters. The third-order valence-corrected chi connectivity index (χ3v) is 4.25. The van der Waals surface area contributed by atoms with E-state index in [1.165, 1.54) is 6.92 Å². The van der Waals surface area contributed by atoms with Gasteiger partial charge in [0.1, 0.15) is 5.69 Å². The summed E-state index contributed by atoms with van der Waals surface area (Å²) in [4.78, 5) is 23.6. The van der Waals surface area contributed by atoms with Crippen LogP contribution in [0.15, 0.2) is 32.6 Å². The van der Waals surface area contributed by atoms with Crippen LogP contribution < -0.4 is 16.7 Å². The van der Waals surface area contributed by atoms with Crippen LogP contribution in [-0.4, -0.2) is 26.5 Å². The lowest BCUT2D eigenvalue weighted by molar-refractivity contribution is -0.113. The first-order valence-corrected chi connectivity index (χ1v) is 8.06. The van der Waals surface area contributed by atoms with Crippen LogP contribution in [-0.2, 0) is 4.79 Å². The number of hydrogen-bond donors (Lipinski definition) is 2. The first kappa shape index (κ1) is 16.5. The first-order valence-electron chi connectivity index (χ1n) is 6.28. The number of anilines is 1. The van der Waals surface area contributed by atoms with Gasteiger partial charge < -0.3 is 11.2 Å². The number of thioether (sulfide) groups is 1. The van der Waals surface area contributed by atoms with Crippen molar-refractivity contribution in [2.75, 3.05) is 16.9 Å². The van der Waals surface area contributed by atoms with Crippen LogP contribution in [0.25, 0.3) is 0 Å². The fourth-order valence-corrected chi connectivity index (χ4v) is 2.78. The SMILES string of the molecule is Cc1cc(Br)ccc1NC(=O)CSc1nnc(C)c(=O)n1N. The van der Waals surface area contributed by atoms with Gasteiger partial charge in [0.2, 0.25) is 11.1 Å². The molecule has 22 heavy (non-hydrogen) atoms. The minimum absolute atomic E-state index is 0.0733. The van der Waals surface area contributed by atoms with Crippen molar-refractivity contribution in [3.63, 3.8) is 0 Å². The number of carbonyl (C=O) groups is 1. The number of nitrogens with zero attached hydrogens (tertiary/aromatic N) is 3. The second-order valence-corrected chi connectivity index (χ2v) is 6.40. The summed E-state index contributed by atoms with van der Waals surface area (Å²) in [7, 11) is 0. The molecule has 9 heteroatoms. The summed E-state index contributed by atoms with van der Waals surface area (Å²) in [5.74, 6) is 5.46. The van der Waals surface area contributed by atoms with Crippen LogP contribution in [0.3, 0.4) is 0 Å². The number of benzene rings is 1. The van der Waals surface area contributed by atoms with E-state index in [-0.39, 0.29) is 22.5 Å². The summed E-state index contributed by atoms with van der Waals surface area (Å²) in [6.45, 7) is 3.42. The summed E-state index contributed by atoms with van der Waals surface area (Å²) in [5, 5.41) is 10.5. The van der Waals surface area contributed by atoms with Crippen molar-refractivity contribution in [3.05, 3.63) is 44.3 Å². The standard InChI is InChI=1S/C13H14BrN5O2S/c1-7-5-9(14)3-4-10(7)16-11(20)6-22-13-18-17-8(2)12(21)19(13)15/h3-5H,6,15H2,1-2H3,(H,16,20). The summed E-state index contributed by atoms with van der Waals surface area (Å²) in [5.41, 5.74) is 1.45. The second kappa shape index (κ2) is 6.93. The molecule has 0 aliphatic rings. The number of nitrogen functional groups attached to an aromatic ring is 1. The van der Waals surface area contributed by atoms with Gasteiger partial charge in [0.05, 0.1) is 5.75 Å². The Morgan fingerprint density at radius 3 is 2.82 bits per heavy atom. The molecule has 0 aliphatic carbocycles. The normalized spacial score (nSPS) is 10.5. The lowest BCUT2D eigenvalue weighted by Gasteiger charge is -2.09. The quantitative estimate of drug-likeness (QED) is 0.611. The van der Waals surface area contributed by atoms with Crippen molar-refractivity contribution in [1.82, 2.24) is 14.9 Å². The smallest absolute Gasteiger partial charge is 0.294 e. The minimum atomic E-state index is -0.429. The summed E-state index contributed by atoms with van der Waals surface area (Å²) in [6, 6.07) is 5.57. The highest BCUT2D eigenvalue weighted by Crippen LogP contribution is 2.20. The van der Waals surface area contributed by atoms with Crippen molar-refractivity contribution in [2.45, 2.75) is 19.0 Å². The Morgan fingerprint density at radius 1 is 1.41 bits per heavy atom. The van der Waals surface area contributed by atoms with Gasteiger partial charge in [-0.2, -0.15) is 4.68 Å². The minimum Gasteiger partial charge on any atom is -0.334 e. The molecule has 0 atom stereocenters. The molecule has 1 amide bonds. The fourth-order valence-electron chi connectivity index (χ4n) is 1.65. The van der Waals surface area contributed by atoms with Gasteiger partial charge in [-0.25, -0.2) is 0 Å². The Morgan fingerprint density at radius 2 is 2.14 bits per heavy atom. The van der Waals surface area contributed by atoms with E-state index in [2.05, 4.69) is 31.4 Å². The monoisotopic (exact) mass is 383 g/mol. The van der Waals surface area contributed by atoms with E-state index in [9.17, 15) is 9.59 Å². The van der Waals surface area contributed by atoms with E-state index in [1.807, 2.05) is 25.1 Å². The molecule has 2 aromatic rings. The van der Waals surface area contributed by atoms with Gasteiger partial charge in [-0.15, -0.1) is 10.2 Å². The lowest BCUT2D eigenvalue weighted by atomic mass is 10.2. The Bertz CT molecular complexity index is 778. The second-order valence-electron chi connectivity index (χ2n) is 4.54. The number of carbonyl (C=O) groups excluding carboxylic acids is 1. The predicted octanol–water partition coefficient (Wildman–Crippen LogP) is 1.46. The molecule has 116 valence electrons. The molecule has 0 fully saturated rings. The largest absolute Gasteiger partial charge is 0.334 e. The highest BCUT2D eigenvalue weighted by Gasteiger charge is 2.11. The molecular weight excluding hydrogens is 370 g/mol. The third kappa shape index (κ3) is 3.86. The van der Waals surface area contributed by atoms with E-state index in [0.717, 1.165) is 32.2 Å². The number of nitrogens with two attached hydrogens (primary N) is 1. The summed E-state index contributed by atoms with van der Waals surface area (Å²) < 4.78 is 1.84. The lowest BCUT2D eigenvalue weighted by Crippen LogP contribution is -2.32. The van der Waals surface area contributed by atoms with Crippen LogP contribution in [0.2, 0.25) is 0 Å². The highest BCUT2D eigenvalue weighted by molar-refractivity contribution is 9.10. The van der Waals surface area contributed by atoms with E-state index in [4.69, 9.17) is 5.84 Å². The molecular formula is C13H14BrN5O2S. The van der Waals surface area contributed by atoms with Gasteiger partial charge in [0, 0.05) is 10.2 Å². The average molecular weight is 384 g/mol. The molecule has 0 saturated heterocycles. The zero-order valence-electron chi connectivity index (χ0n) is 12.0. The van der Waals surface area contributed by atoms with Gasteiger partial charge >= 0.3 is 0 Å². The van der Waals surface area contributed by atoms with Crippen molar-refractivity contribution in [1.29, 1.82) is 0 Å². The molecule has 0 aliphatic heterocycles. The van der Waals surface area contributed by atoms with Gasteiger partial charge in [-0.1, -0.05) is 27.7 Å². The highest BCUT2D eigenvalue weighted by atomic mass is 79.9. The van der Waals surface area contributed by atoms with Gasteiger partial charge in [-0.3, -0.25) is 9.59 Å². The fraction of sp³-hybridized carbons (Fsp3) is 0.231. The van der Waals surface area contributed by atoms with Crippen LogP contribution >= 0.6 is 27.7 Å². The summed E-state index contributed by atoms with van der Waals surface area (Å²) >= 11 is 4.42. The maximum Gasteiger partial charge on any atom is 0.294 e. The number of aromatic nitrogens is 3. The van der Waals surface area contributed by atoms with Crippen LogP contribution in [0, 0.1) is 13.8 Å². The van der Waals surface area contributed by atoms with Crippen molar-refractivity contribution < 1.29 is 4.79 Å². The number of amides is 1. The van der Waals surface area contributed by atoms with E-state index in [0.29, 0.717) is 0 Å². The number of halogens is 1. The molecule has 1 heterocycles. The Balaban J connectivity index is 2.01. The predicted molar refractivity (Wildman–Crippen MR) is 89.4 cm³/mol. The first-order chi connectivity index (χ1) is 10.4.